The Morgan fingerprint density at radius 2 is 1.95 bits per heavy atom. The van der Waals surface area contributed by atoms with Crippen molar-refractivity contribution < 1.29 is 24.2 Å². The molecule has 1 aliphatic heterocycles. The molecule has 0 unspecified atom stereocenters. The molecule has 1 fully saturated rings. The van der Waals surface area contributed by atoms with Crippen molar-refractivity contribution in [2.75, 3.05) is 19.1 Å². The summed E-state index contributed by atoms with van der Waals surface area (Å²) in [6.45, 7) is 0.299. The Morgan fingerprint density at radius 3 is 2.57 bits per heavy atom. The number of hydrogen-bond acceptors (Lipinski definition) is 5. The number of carbonyl (C=O) groups excluding carboxylic acids is 1. The predicted molar refractivity (Wildman–Crippen MR) is 73.7 cm³/mol. The highest BCUT2D eigenvalue weighted by Crippen LogP contribution is 2.36. The Morgan fingerprint density at radius 1 is 1.29 bits per heavy atom. The number of hydrogen-bond donors (Lipinski definition) is 2. The summed E-state index contributed by atoms with van der Waals surface area (Å²) in [5, 5.41) is 9.10. The Balaban J connectivity index is 1.69. The molecule has 7 heteroatoms. The summed E-state index contributed by atoms with van der Waals surface area (Å²) in [5.41, 5.74) is 6.51. The SMILES string of the molecule is Nc1cc2c(cc1C(=O)CCN(C(=O)O)C1CC1)OCO2. The molecule has 0 saturated heterocycles. The fourth-order valence-electron chi connectivity index (χ4n) is 2.38. The van der Waals surface area contributed by atoms with Crippen molar-refractivity contribution in [1.29, 1.82) is 0 Å². The lowest BCUT2D eigenvalue weighted by atomic mass is 10.0. The van der Waals surface area contributed by atoms with E-state index in [9.17, 15) is 9.59 Å². The zero-order chi connectivity index (χ0) is 15.0. The van der Waals surface area contributed by atoms with E-state index in [1.807, 2.05) is 0 Å². The largest absolute Gasteiger partial charge is 0.465 e. The third-order valence-corrected chi connectivity index (χ3v) is 3.66. The first kappa shape index (κ1) is 13.5. The van der Waals surface area contributed by atoms with Crippen LogP contribution in [0.1, 0.15) is 29.6 Å². The highest BCUT2D eigenvalue weighted by molar-refractivity contribution is 6.01. The van der Waals surface area contributed by atoms with Gasteiger partial charge >= 0.3 is 6.09 Å². The van der Waals surface area contributed by atoms with Crippen molar-refractivity contribution in [2.24, 2.45) is 0 Å². The molecule has 1 aliphatic carbocycles. The molecule has 0 radical (unpaired) electrons. The van der Waals surface area contributed by atoms with Crippen LogP contribution in [0.3, 0.4) is 0 Å². The first-order chi connectivity index (χ1) is 10.1. The zero-order valence-electron chi connectivity index (χ0n) is 11.4. The second-order valence-electron chi connectivity index (χ2n) is 5.17. The maximum absolute atomic E-state index is 12.2. The minimum absolute atomic E-state index is 0.0596. The van der Waals surface area contributed by atoms with Crippen LogP contribution in [0.2, 0.25) is 0 Å². The fourth-order valence-corrected chi connectivity index (χ4v) is 2.38. The number of benzene rings is 1. The molecular formula is C14H16N2O5. The molecule has 0 atom stereocenters. The van der Waals surface area contributed by atoms with Gasteiger partial charge in [0.15, 0.2) is 17.3 Å². The molecule has 0 spiro atoms. The van der Waals surface area contributed by atoms with E-state index in [4.69, 9.17) is 20.3 Å². The van der Waals surface area contributed by atoms with Crippen molar-refractivity contribution in [3.63, 3.8) is 0 Å². The van der Waals surface area contributed by atoms with Crippen LogP contribution in [0.5, 0.6) is 11.5 Å². The van der Waals surface area contributed by atoms with Gasteiger partial charge in [-0.05, 0) is 18.9 Å². The van der Waals surface area contributed by atoms with Gasteiger partial charge in [-0.15, -0.1) is 0 Å². The van der Waals surface area contributed by atoms with Gasteiger partial charge in [0, 0.05) is 36.3 Å². The fraction of sp³-hybridized carbons (Fsp3) is 0.429. The van der Waals surface area contributed by atoms with E-state index in [0.717, 1.165) is 12.8 Å². The van der Waals surface area contributed by atoms with Gasteiger partial charge in [0.2, 0.25) is 6.79 Å². The predicted octanol–water partition coefficient (Wildman–Crippen LogP) is 1.71. The Bertz CT molecular complexity index is 597. The Kier molecular flexibility index (Phi) is 3.32. The van der Waals surface area contributed by atoms with Gasteiger partial charge in [-0.1, -0.05) is 0 Å². The van der Waals surface area contributed by atoms with Crippen LogP contribution in [0.25, 0.3) is 0 Å². The topological polar surface area (TPSA) is 102 Å². The van der Waals surface area contributed by atoms with Crippen molar-refractivity contribution in [2.45, 2.75) is 25.3 Å². The van der Waals surface area contributed by atoms with Gasteiger partial charge in [0.1, 0.15) is 0 Å². The van der Waals surface area contributed by atoms with Crippen LogP contribution < -0.4 is 15.2 Å². The van der Waals surface area contributed by atoms with Crippen molar-refractivity contribution in [1.82, 2.24) is 4.90 Å². The van der Waals surface area contributed by atoms with Gasteiger partial charge in [0.05, 0.1) is 0 Å². The minimum Gasteiger partial charge on any atom is -0.465 e. The molecule has 7 nitrogen and oxygen atoms in total. The number of carboxylic acid groups (broad SMARTS) is 1. The average Bonchev–Trinajstić information content (AvgIpc) is 3.16. The summed E-state index contributed by atoms with van der Waals surface area (Å²) in [7, 11) is 0. The average molecular weight is 292 g/mol. The molecule has 1 heterocycles. The lowest BCUT2D eigenvalue weighted by Crippen LogP contribution is -2.33. The van der Waals surface area contributed by atoms with E-state index in [0.29, 0.717) is 22.7 Å². The Hall–Kier alpha value is -2.44. The first-order valence-corrected chi connectivity index (χ1v) is 6.78. The first-order valence-electron chi connectivity index (χ1n) is 6.78. The van der Waals surface area contributed by atoms with Gasteiger partial charge in [-0.3, -0.25) is 4.79 Å². The summed E-state index contributed by atoms with van der Waals surface area (Å²) in [6.07, 6.45) is 0.857. The lowest BCUT2D eigenvalue weighted by molar-refractivity contribution is 0.0958. The number of Topliss-reactive ketones (excluding diaryl/α,β-unsaturated/α-hetero) is 1. The van der Waals surface area contributed by atoms with E-state index < -0.39 is 6.09 Å². The smallest absolute Gasteiger partial charge is 0.407 e. The van der Waals surface area contributed by atoms with Crippen molar-refractivity contribution in [3.8, 4) is 11.5 Å². The molecule has 21 heavy (non-hydrogen) atoms. The number of ketones is 1. The molecule has 0 bridgehead atoms. The molecule has 1 aromatic rings. The number of carbonyl (C=O) groups is 2. The summed E-state index contributed by atoms with van der Waals surface area (Å²) in [6, 6.07) is 3.18. The number of ether oxygens (including phenoxy) is 2. The van der Waals surface area contributed by atoms with Gasteiger partial charge in [-0.25, -0.2) is 4.79 Å². The highest BCUT2D eigenvalue weighted by atomic mass is 16.7. The van der Waals surface area contributed by atoms with Gasteiger partial charge in [-0.2, -0.15) is 0 Å². The zero-order valence-corrected chi connectivity index (χ0v) is 11.4. The van der Waals surface area contributed by atoms with E-state index >= 15 is 0 Å². The van der Waals surface area contributed by atoms with Gasteiger partial charge < -0.3 is 25.2 Å². The van der Waals surface area contributed by atoms with Crippen molar-refractivity contribution in [3.05, 3.63) is 17.7 Å². The number of fused-ring (bicyclic) bond motifs is 1. The van der Waals surface area contributed by atoms with Crippen LogP contribution >= 0.6 is 0 Å². The molecule has 2 aliphatic rings. The summed E-state index contributed by atoms with van der Waals surface area (Å²) in [4.78, 5) is 24.7. The van der Waals surface area contributed by atoms with Crippen LogP contribution in [0, 0.1) is 0 Å². The number of anilines is 1. The number of amides is 1. The summed E-state index contributed by atoms with van der Waals surface area (Å²) in [5.74, 6) is 0.816. The quantitative estimate of drug-likeness (QED) is 0.632. The maximum atomic E-state index is 12.2. The third-order valence-electron chi connectivity index (χ3n) is 3.66. The summed E-state index contributed by atoms with van der Waals surface area (Å²) >= 11 is 0. The molecule has 112 valence electrons. The van der Waals surface area contributed by atoms with E-state index in [-0.39, 0.29) is 31.6 Å². The second kappa shape index (κ2) is 5.16. The number of nitrogen functional groups attached to an aromatic ring is 1. The minimum atomic E-state index is -0.982. The maximum Gasteiger partial charge on any atom is 0.407 e. The Labute approximate surface area is 121 Å². The van der Waals surface area contributed by atoms with E-state index in [1.54, 1.807) is 12.1 Å². The van der Waals surface area contributed by atoms with Crippen LogP contribution in [0.4, 0.5) is 10.5 Å². The number of rotatable bonds is 5. The third kappa shape index (κ3) is 2.72. The number of nitrogens with zero attached hydrogens (tertiary/aromatic N) is 1. The highest BCUT2D eigenvalue weighted by Gasteiger charge is 2.32. The molecule has 1 saturated carbocycles. The standard InChI is InChI=1S/C14H16N2O5/c15-10-6-13-12(20-7-21-13)5-9(10)11(17)3-4-16(14(18)19)8-1-2-8/h5-6,8H,1-4,7,15H2,(H,18,19). The normalized spacial score (nSPS) is 15.8. The molecule has 0 aromatic heterocycles. The molecule has 1 aromatic carbocycles. The molecular weight excluding hydrogens is 276 g/mol. The van der Waals surface area contributed by atoms with Crippen molar-refractivity contribution >= 4 is 17.6 Å². The van der Waals surface area contributed by atoms with Crippen LogP contribution in [-0.2, 0) is 0 Å². The number of nitrogens with two attached hydrogens (primary N) is 1. The monoisotopic (exact) mass is 292 g/mol. The molecule has 3 N–H and O–H groups in total. The van der Waals surface area contributed by atoms with Gasteiger partial charge in [0.25, 0.3) is 0 Å². The lowest BCUT2D eigenvalue weighted by Gasteiger charge is -2.18. The molecule has 1 amide bonds. The molecule has 3 rings (SSSR count). The van der Waals surface area contributed by atoms with Crippen LogP contribution in [0.15, 0.2) is 12.1 Å². The van der Waals surface area contributed by atoms with Crippen LogP contribution in [-0.4, -0.2) is 41.3 Å². The second-order valence-corrected chi connectivity index (χ2v) is 5.17. The summed E-state index contributed by atoms with van der Waals surface area (Å²) < 4.78 is 10.4. The van der Waals surface area contributed by atoms with E-state index in [2.05, 4.69) is 0 Å². The van der Waals surface area contributed by atoms with E-state index in [1.165, 1.54) is 4.90 Å².